The van der Waals surface area contributed by atoms with E-state index in [9.17, 15) is 14.4 Å². The first-order valence-corrected chi connectivity index (χ1v) is 14.6. The average molecular weight is 674 g/mol. The number of ether oxygens (including phenoxy) is 2. The van der Waals surface area contributed by atoms with Gasteiger partial charge >= 0.3 is 6.16 Å². The number of rotatable bonds is 2. The fourth-order valence-electron chi connectivity index (χ4n) is 5.42. The Morgan fingerprint density at radius 1 is 0.775 bits per heavy atom. The molecule has 2 atom stereocenters. The molecule has 6 rings (SSSR count). The third kappa shape index (κ3) is 5.05. The summed E-state index contributed by atoms with van der Waals surface area (Å²) in [5.74, 6) is 1.27. The van der Waals surface area contributed by atoms with Crippen molar-refractivity contribution in [2.45, 2.75) is 76.7 Å². The maximum atomic E-state index is 13.1. The van der Waals surface area contributed by atoms with Gasteiger partial charge in [-0.15, -0.1) is 0 Å². The van der Waals surface area contributed by atoms with Gasteiger partial charge in [0, 0.05) is 60.1 Å². The number of hydrogen-bond acceptors (Lipinski definition) is 9. The van der Waals surface area contributed by atoms with Crippen LogP contribution < -0.4 is 11.1 Å². The van der Waals surface area contributed by atoms with Crippen LogP contribution in [0.2, 0.25) is 0 Å². The Balaban J connectivity index is 1.16. The van der Waals surface area contributed by atoms with Gasteiger partial charge in [-0.1, -0.05) is 0 Å². The normalized spacial score (nSPS) is 22.7. The first-order chi connectivity index (χ1) is 19.0. The predicted molar refractivity (Wildman–Crippen MR) is 153 cm³/mol. The highest BCUT2D eigenvalue weighted by Crippen LogP contribution is 2.31. The molecule has 2 aliphatic rings. The summed E-state index contributed by atoms with van der Waals surface area (Å²) in [5.41, 5.74) is -0.435. The minimum absolute atomic E-state index is 0.205. The van der Waals surface area contributed by atoms with Crippen molar-refractivity contribution in [3.63, 3.8) is 0 Å². The van der Waals surface area contributed by atoms with Gasteiger partial charge in [-0.3, -0.25) is 18.7 Å². The van der Waals surface area contributed by atoms with E-state index in [1.54, 1.807) is 33.7 Å². The molecule has 6 heterocycles. The summed E-state index contributed by atoms with van der Waals surface area (Å²) in [6.07, 6.45) is 5.13. The molecule has 4 aromatic rings. The summed E-state index contributed by atoms with van der Waals surface area (Å²) in [4.78, 5) is 57.1. The van der Waals surface area contributed by atoms with E-state index >= 15 is 0 Å². The number of aromatic nitrogens is 6. The zero-order valence-corrected chi connectivity index (χ0v) is 25.1. The second-order valence-electron chi connectivity index (χ2n) is 10.9. The maximum Gasteiger partial charge on any atom is 0.509 e. The Bertz CT molecular complexity index is 1680. The molecule has 0 aromatic carbocycles. The van der Waals surface area contributed by atoms with Crippen LogP contribution in [0.1, 0.15) is 51.2 Å². The monoisotopic (exact) mass is 672 g/mol. The highest BCUT2D eigenvalue weighted by Gasteiger charge is 2.38. The van der Waals surface area contributed by atoms with E-state index in [2.05, 4.69) is 51.8 Å². The summed E-state index contributed by atoms with van der Waals surface area (Å²) in [6.45, 7) is 4.39. The van der Waals surface area contributed by atoms with Crippen molar-refractivity contribution in [2.75, 3.05) is 0 Å². The van der Waals surface area contributed by atoms with E-state index in [-0.39, 0.29) is 11.1 Å². The molecule has 0 saturated heterocycles. The van der Waals surface area contributed by atoms with Gasteiger partial charge < -0.3 is 9.47 Å². The Morgan fingerprint density at radius 3 is 1.62 bits per heavy atom. The van der Waals surface area contributed by atoms with Crippen LogP contribution in [0, 0.1) is 0 Å². The van der Waals surface area contributed by atoms with Crippen LogP contribution in [0.5, 0.6) is 0 Å². The maximum absolute atomic E-state index is 13.1. The van der Waals surface area contributed by atoms with Crippen LogP contribution in [-0.4, -0.2) is 46.4 Å². The lowest BCUT2D eigenvalue weighted by atomic mass is 9.96. The van der Waals surface area contributed by atoms with Gasteiger partial charge in [0.25, 0.3) is 11.1 Å². The number of nitrogens with zero attached hydrogens (tertiary/aromatic N) is 6. The van der Waals surface area contributed by atoms with Gasteiger partial charge in [-0.25, -0.2) is 24.7 Å². The fourth-order valence-corrected chi connectivity index (χ4v) is 6.05. The van der Waals surface area contributed by atoms with Gasteiger partial charge in [0.2, 0.25) is 0 Å². The largest absolute Gasteiger partial charge is 0.509 e. The first-order valence-electron chi connectivity index (χ1n) is 13.0. The topological polar surface area (TPSA) is 131 Å². The summed E-state index contributed by atoms with van der Waals surface area (Å²) >= 11 is 6.76. The van der Waals surface area contributed by atoms with Crippen LogP contribution in [0.25, 0.3) is 22.1 Å². The molecule has 0 radical (unpaired) electrons. The lowest BCUT2D eigenvalue weighted by molar-refractivity contribution is -0.0797. The van der Waals surface area contributed by atoms with Crippen LogP contribution in [-0.2, 0) is 35.4 Å². The summed E-state index contributed by atoms with van der Waals surface area (Å²) in [6, 6.07) is 3.55. The minimum atomic E-state index is -0.850. The van der Waals surface area contributed by atoms with Crippen molar-refractivity contribution in [3.8, 4) is 0 Å². The molecule has 208 valence electrons. The standard InChI is InChI=1S/C27H26Br2N6O5/c1-26(5-3-19-32-17-11-15(28)13-30-21(17)23(36)34(19)9-7-26)39-25(38)40-27(2)6-4-20-33-18-12-16(29)14-31-22(18)24(37)35(20)10-8-27/h11-14H,3-10H2,1-2H3. The number of pyridine rings is 2. The Kier molecular flexibility index (Phi) is 6.76. The zero-order chi connectivity index (χ0) is 28.2. The molecule has 0 spiro atoms. The summed E-state index contributed by atoms with van der Waals surface area (Å²) in [7, 11) is 0. The van der Waals surface area contributed by atoms with Crippen molar-refractivity contribution >= 4 is 60.1 Å². The Labute approximate surface area is 245 Å². The van der Waals surface area contributed by atoms with Crippen molar-refractivity contribution in [1.82, 2.24) is 29.1 Å². The smallest absolute Gasteiger partial charge is 0.428 e. The second kappa shape index (κ2) is 10.0. The molecule has 13 heteroatoms. The molecule has 0 saturated carbocycles. The first kappa shape index (κ1) is 27.0. The molecule has 2 unspecified atom stereocenters. The second-order valence-corrected chi connectivity index (χ2v) is 12.7. The van der Waals surface area contributed by atoms with Crippen molar-refractivity contribution < 1.29 is 14.3 Å². The Morgan fingerprint density at radius 2 is 1.20 bits per heavy atom. The summed E-state index contributed by atoms with van der Waals surface area (Å²) in [5, 5.41) is 0. The van der Waals surface area contributed by atoms with Gasteiger partial charge in [0.15, 0.2) is 11.0 Å². The van der Waals surface area contributed by atoms with Crippen LogP contribution >= 0.6 is 31.9 Å². The molecular formula is C27H26Br2N6O5. The lowest BCUT2D eigenvalue weighted by Crippen LogP contribution is -2.38. The highest BCUT2D eigenvalue weighted by molar-refractivity contribution is 9.10. The van der Waals surface area contributed by atoms with E-state index < -0.39 is 17.4 Å². The van der Waals surface area contributed by atoms with E-state index in [1.807, 2.05) is 13.8 Å². The number of halogens is 2. The SMILES string of the molecule is CC1(OC(=O)OC2(C)CCc3nc4cc(Br)cnc4c(=O)n3CC2)CCc2nc3cc(Br)cnc3c(=O)n2CC1. The number of carbonyl (C=O) groups is 1. The number of aryl methyl sites for hydroxylation is 2. The van der Waals surface area contributed by atoms with Crippen molar-refractivity contribution in [3.05, 3.63) is 65.8 Å². The highest BCUT2D eigenvalue weighted by atomic mass is 79.9. The summed E-state index contributed by atoms with van der Waals surface area (Å²) < 4.78 is 16.5. The van der Waals surface area contributed by atoms with Crippen LogP contribution in [0.15, 0.2) is 43.1 Å². The minimum Gasteiger partial charge on any atom is -0.428 e. The van der Waals surface area contributed by atoms with Gasteiger partial charge in [0.05, 0.1) is 11.0 Å². The van der Waals surface area contributed by atoms with Crippen molar-refractivity contribution in [1.29, 1.82) is 0 Å². The van der Waals surface area contributed by atoms with Crippen molar-refractivity contribution in [2.24, 2.45) is 0 Å². The van der Waals surface area contributed by atoms with E-state index in [1.165, 1.54) is 0 Å². The fraction of sp³-hybridized carbons (Fsp3) is 0.444. The molecule has 0 N–H and O–H groups in total. The van der Waals surface area contributed by atoms with E-state index in [0.29, 0.717) is 85.3 Å². The predicted octanol–water partition coefficient (Wildman–Crippen LogP) is 4.46. The quantitative estimate of drug-likeness (QED) is 0.283. The molecule has 11 nitrogen and oxygen atoms in total. The third-order valence-electron chi connectivity index (χ3n) is 7.83. The molecule has 0 amide bonds. The number of fused-ring (bicyclic) bond motifs is 4. The number of hydrogen-bond donors (Lipinski definition) is 0. The molecule has 4 aromatic heterocycles. The zero-order valence-electron chi connectivity index (χ0n) is 21.9. The molecule has 0 fully saturated rings. The molecule has 2 aliphatic heterocycles. The molecule has 0 bridgehead atoms. The molecular weight excluding hydrogens is 648 g/mol. The molecule has 40 heavy (non-hydrogen) atoms. The Hall–Kier alpha value is -3.19. The number of carbonyl (C=O) groups excluding carboxylic acids is 1. The van der Waals surface area contributed by atoms with Gasteiger partial charge in [0.1, 0.15) is 22.9 Å². The van der Waals surface area contributed by atoms with Crippen LogP contribution in [0.3, 0.4) is 0 Å². The third-order valence-corrected chi connectivity index (χ3v) is 8.70. The lowest BCUT2D eigenvalue weighted by Gasteiger charge is -2.32. The molecule has 0 aliphatic carbocycles. The van der Waals surface area contributed by atoms with E-state index in [0.717, 1.165) is 8.95 Å². The average Bonchev–Trinajstić information content (AvgIpc) is 3.16. The van der Waals surface area contributed by atoms with Gasteiger partial charge in [-0.05, 0) is 70.7 Å². The van der Waals surface area contributed by atoms with E-state index in [4.69, 9.17) is 9.47 Å². The van der Waals surface area contributed by atoms with Gasteiger partial charge in [-0.2, -0.15) is 0 Å². The van der Waals surface area contributed by atoms with Crippen LogP contribution in [0.4, 0.5) is 4.79 Å².